The quantitative estimate of drug-likeness (QED) is 0.451. The molecule has 0 N–H and O–H groups in total. The predicted molar refractivity (Wildman–Crippen MR) is 108 cm³/mol. The first kappa shape index (κ1) is 20.3. The minimum absolute atomic E-state index is 0.00292. The molecule has 0 unspecified atom stereocenters. The Kier molecular flexibility index (Phi) is 6.39. The van der Waals surface area contributed by atoms with Gasteiger partial charge in [0.1, 0.15) is 0 Å². The molecule has 148 valence electrons. The number of carbonyl (C=O) groups is 2. The van der Waals surface area contributed by atoms with Crippen molar-refractivity contribution in [3.63, 3.8) is 0 Å². The van der Waals surface area contributed by atoms with Crippen molar-refractivity contribution in [2.75, 3.05) is 11.9 Å². The van der Waals surface area contributed by atoms with Crippen molar-refractivity contribution in [3.8, 4) is 11.4 Å². The van der Waals surface area contributed by atoms with Crippen LogP contribution in [0.15, 0.2) is 55.0 Å². The highest BCUT2D eigenvalue weighted by atomic mass is 19.1. The summed E-state index contributed by atoms with van der Waals surface area (Å²) in [6, 6.07) is 9.99. The summed E-state index contributed by atoms with van der Waals surface area (Å²) in [5.41, 5.74) is 2.81. The number of halogens is 1. The number of aromatic nitrogens is 3. The van der Waals surface area contributed by atoms with Crippen LogP contribution in [0, 0.1) is 5.95 Å². The van der Waals surface area contributed by atoms with Crippen LogP contribution in [-0.2, 0) is 11.2 Å². The molecular weight excluding hydrogens is 371 g/mol. The van der Waals surface area contributed by atoms with Crippen molar-refractivity contribution in [3.05, 3.63) is 72.1 Å². The SMILES string of the molecule is CCC(=O)N(C)c1cnc(-c2ccc(C(=O)CCc3ccc(F)nc3)cc2)nc1. The van der Waals surface area contributed by atoms with Crippen LogP contribution < -0.4 is 4.90 Å². The fraction of sp³-hybridized carbons (Fsp3) is 0.227. The predicted octanol–water partition coefficient (Wildman–Crippen LogP) is 3.87. The molecule has 0 aliphatic heterocycles. The van der Waals surface area contributed by atoms with Gasteiger partial charge in [-0.2, -0.15) is 4.39 Å². The van der Waals surface area contributed by atoms with E-state index in [1.165, 1.54) is 17.2 Å². The van der Waals surface area contributed by atoms with Crippen LogP contribution in [0.2, 0.25) is 0 Å². The van der Waals surface area contributed by atoms with Crippen LogP contribution in [0.3, 0.4) is 0 Å². The van der Waals surface area contributed by atoms with Crippen LogP contribution in [0.5, 0.6) is 0 Å². The number of aryl methyl sites for hydroxylation is 1. The van der Waals surface area contributed by atoms with E-state index in [-0.39, 0.29) is 11.7 Å². The van der Waals surface area contributed by atoms with Gasteiger partial charge in [0.25, 0.3) is 0 Å². The summed E-state index contributed by atoms with van der Waals surface area (Å²) in [6.07, 6.45) is 5.87. The molecular formula is C22H21FN4O2. The second-order valence-corrected chi connectivity index (χ2v) is 6.56. The highest BCUT2D eigenvalue weighted by molar-refractivity contribution is 5.96. The maximum absolute atomic E-state index is 12.8. The van der Waals surface area contributed by atoms with Gasteiger partial charge in [0.2, 0.25) is 11.9 Å². The summed E-state index contributed by atoms with van der Waals surface area (Å²) in [5.74, 6) is -0.0329. The summed E-state index contributed by atoms with van der Waals surface area (Å²) in [4.78, 5) is 37.9. The topological polar surface area (TPSA) is 76.1 Å². The molecule has 0 bridgehead atoms. The van der Waals surface area contributed by atoms with Gasteiger partial charge < -0.3 is 4.90 Å². The van der Waals surface area contributed by atoms with Gasteiger partial charge >= 0.3 is 0 Å². The third-order valence-corrected chi connectivity index (χ3v) is 4.60. The van der Waals surface area contributed by atoms with Crippen LogP contribution in [0.25, 0.3) is 11.4 Å². The first-order valence-corrected chi connectivity index (χ1v) is 9.30. The third-order valence-electron chi connectivity index (χ3n) is 4.60. The average Bonchev–Trinajstić information content (AvgIpc) is 2.77. The van der Waals surface area contributed by atoms with Gasteiger partial charge in [0, 0.05) is 37.2 Å². The number of benzene rings is 1. The molecule has 3 rings (SSSR count). The number of hydrogen-bond donors (Lipinski definition) is 0. The molecule has 0 spiro atoms. The first-order chi connectivity index (χ1) is 14.0. The molecule has 0 saturated heterocycles. The van der Waals surface area contributed by atoms with Gasteiger partial charge in [-0.05, 0) is 18.1 Å². The van der Waals surface area contributed by atoms with Crippen molar-refractivity contribution in [1.82, 2.24) is 15.0 Å². The van der Waals surface area contributed by atoms with E-state index in [4.69, 9.17) is 0 Å². The number of pyridine rings is 1. The summed E-state index contributed by atoms with van der Waals surface area (Å²) in [7, 11) is 1.69. The highest BCUT2D eigenvalue weighted by Gasteiger charge is 2.11. The van der Waals surface area contributed by atoms with Gasteiger partial charge in [-0.1, -0.05) is 37.3 Å². The van der Waals surface area contributed by atoms with E-state index in [0.717, 1.165) is 11.1 Å². The molecule has 7 heteroatoms. The number of ketones is 1. The van der Waals surface area contributed by atoms with E-state index >= 15 is 0 Å². The van der Waals surface area contributed by atoms with E-state index in [1.54, 1.807) is 56.7 Å². The van der Waals surface area contributed by atoms with Crippen LogP contribution in [0.4, 0.5) is 10.1 Å². The van der Waals surface area contributed by atoms with E-state index in [2.05, 4.69) is 15.0 Å². The lowest BCUT2D eigenvalue weighted by Gasteiger charge is -2.15. The molecule has 0 atom stereocenters. The minimum Gasteiger partial charge on any atom is -0.313 e. The number of hydrogen-bond acceptors (Lipinski definition) is 5. The molecule has 2 heterocycles. The Morgan fingerprint density at radius 3 is 2.24 bits per heavy atom. The average molecular weight is 392 g/mol. The standard InChI is InChI=1S/C22H21FN4O2/c1-3-21(29)27(2)18-13-25-22(26-14-18)17-8-6-16(7-9-17)19(28)10-4-15-5-11-20(23)24-12-15/h5-9,11-14H,3-4,10H2,1-2H3. The Bertz CT molecular complexity index is 987. The first-order valence-electron chi connectivity index (χ1n) is 9.30. The van der Waals surface area contributed by atoms with Crippen molar-refractivity contribution in [1.29, 1.82) is 0 Å². The Labute approximate surface area is 168 Å². The smallest absolute Gasteiger partial charge is 0.226 e. The normalized spacial score (nSPS) is 10.6. The minimum atomic E-state index is -0.533. The number of Topliss-reactive ketones (excluding diaryl/α,β-unsaturated/α-hetero) is 1. The number of anilines is 1. The lowest BCUT2D eigenvalue weighted by atomic mass is 10.0. The zero-order valence-corrected chi connectivity index (χ0v) is 16.3. The number of rotatable bonds is 7. The molecule has 0 radical (unpaired) electrons. The maximum atomic E-state index is 12.8. The Balaban J connectivity index is 1.64. The Morgan fingerprint density at radius 1 is 0.966 bits per heavy atom. The Hall–Kier alpha value is -3.48. The number of amides is 1. The summed E-state index contributed by atoms with van der Waals surface area (Å²) >= 11 is 0. The van der Waals surface area contributed by atoms with Crippen LogP contribution in [-0.4, -0.2) is 33.7 Å². The zero-order chi connectivity index (χ0) is 20.8. The lowest BCUT2D eigenvalue weighted by molar-refractivity contribution is -0.118. The fourth-order valence-corrected chi connectivity index (χ4v) is 2.79. The van der Waals surface area contributed by atoms with Crippen molar-refractivity contribution >= 4 is 17.4 Å². The third kappa shape index (κ3) is 5.07. The summed E-state index contributed by atoms with van der Waals surface area (Å²) in [5, 5.41) is 0. The van der Waals surface area contributed by atoms with E-state index in [9.17, 15) is 14.0 Å². The van der Waals surface area contributed by atoms with E-state index in [0.29, 0.717) is 36.3 Å². The Morgan fingerprint density at radius 2 is 1.66 bits per heavy atom. The van der Waals surface area contributed by atoms with Crippen molar-refractivity contribution in [2.45, 2.75) is 26.2 Å². The molecule has 3 aromatic rings. The zero-order valence-electron chi connectivity index (χ0n) is 16.3. The molecule has 1 aromatic carbocycles. The van der Waals surface area contributed by atoms with Gasteiger partial charge in [0.05, 0.1) is 18.1 Å². The molecule has 6 nitrogen and oxygen atoms in total. The molecule has 0 aliphatic rings. The molecule has 0 aliphatic carbocycles. The summed E-state index contributed by atoms with van der Waals surface area (Å²) in [6.45, 7) is 1.80. The largest absolute Gasteiger partial charge is 0.313 e. The second-order valence-electron chi connectivity index (χ2n) is 6.56. The molecule has 2 aromatic heterocycles. The molecule has 29 heavy (non-hydrogen) atoms. The van der Waals surface area contributed by atoms with Gasteiger partial charge in [-0.25, -0.2) is 15.0 Å². The van der Waals surface area contributed by atoms with Crippen LogP contribution in [0.1, 0.15) is 35.7 Å². The number of carbonyl (C=O) groups excluding carboxylic acids is 2. The van der Waals surface area contributed by atoms with Gasteiger partial charge in [-0.3, -0.25) is 9.59 Å². The molecule has 0 fully saturated rings. The summed E-state index contributed by atoms with van der Waals surface area (Å²) < 4.78 is 12.8. The highest BCUT2D eigenvalue weighted by Crippen LogP contribution is 2.19. The molecule has 1 amide bonds. The van der Waals surface area contributed by atoms with Gasteiger partial charge in [-0.15, -0.1) is 0 Å². The maximum Gasteiger partial charge on any atom is 0.226 e. The number of nitrogens with zero attached hydrogens (tertiary/aromatic N) is 4. The second kappa shape index (κ2) is 9.14. The van der Waals surface area contributed by atoms with Crippen molar-refractivity contribution in [2.24, 2.45) is 0 Å². The fourth-order valence-electron chi connectivity index (χ4n) is 2.79. The monoisotopic (exact) mass is 392 g/mol. The lowest BCUT2D eigenvalue weighted by Crippen LogP contribution is -2.25. The van der Waals surface area contributed by atoms with Crippen LogP contribution >= 0.6 is 0 Å². The van der Waals surface area contributed by atoms with Crippen molar-refractivity contribution < 1.29 is 14.0 Å². The van der Waals surface area contributed by atoms with E-state index < -0.39 is 5.95 Å². The van der Waals surface area contributed by atoms with Gasteiger partial charge in [0.15, 0.2) is 11.6 Å². The molecule has 0 saturated carbocycles. The van der Waals surface area contributed by atoms with E-state index in [1.807, 2.05) is 0 Å².